The van der Waals surface area contributed by atoms with Crippen LogP contribution in [0.25, 0.3) is 0 Å². The van der Waals surface area contributed by atoms with Crippen LogP contribution in [0.4, 0.5) is 5.69 Å². The molecule has 0 saturated carbocycles. The van der Waals surface area contributed by atoms with Gasteiger partial charge in [0.05, 0.1) is 27.9 Å². The first-order valence-electron chi connectivity index (χ1n) is 6.63. The van der Waals surface area contributed by atoms with E-state index in [-0.39, 0.29) is 12.6 Å². The van der Waals surface area contributed by atoms with Crippen LogP contribution >= 0.6 is 34.5 Å². The molecule has 3 nitrogen and oxygen atoms in total. The van der Waals surface area contributed by atoms with E-state index < -0.39 is 0 Å². The summed E-state index contributed by atoms with van der Waals surface area (Å²) >= 11 is 13.5. The summed E-state index contributed by atoms with van der Waals surface area (Å²) in [5.74, 6) is 0.704. The largest absolute Gasteiger partial charge is 0.494 e. The molecule has 0 aliphatic carbocycles. The lowest BCUT2D eigenvalue weighted by Gasteiger charge is -2.17. The van der Waals surface area contributed by atoms with Crippen LogP contribution in [0.5, 0.6) is 5.75 Å². The van der Waals surface area contributed by atoms with Crippen molar-refractivity contribution in [2.75, 3.05) is 11.9 Å². The third-order valence-electron chi connectivity index (χ3n) is 3.06. The maximum atomic E-state index is 9.42. The van der Waals surface area contributed by atoms with Gasteiger partial charge in [-0.3, -0.25) is 0 Å². The van der Waals surface area contributed by atoms with Crippen molar-refractivity contribution in [1.82, 2.24) is 0 Å². The average Bonchev–Trinajstić information content (AvgIpc) is 2.79. The molecule has 6 heteroatoms. The molecule has 114 valence electrons. The summed E-state index contributed by atoms with van der Waals surface area (Å²) in [6, 6.07) is 7.54. The third kappa shape index (κ3) is 4.04. The molecule has 0 bridgehead atoms. The van der Waals surface area contributed by atoms with Crippen LogP contribution in [0.1, 0.15) is 31.0 Å². The highest BCUT2D eigenvalue weighted by atomic mass is 35.5. The summed E-state index contributed by atoms with van der Waals surface area (Å²) < 4.78 is 6.83. The van der Waals surface area contributed by atoms with Crippen molar-refractivity contribution in [3.05, 3.63) is 44.1 Å². The highest BCUT2D eigenvalue weighted by molar-refractivity contribution is 7.20. The molecule has 2 rings (SSSR count). The summed E-state index contributed by atoms with van der Waals surface area (Å²) in [4.78, 5) is 0. The average molecular weight is 346 g/mol. The SMILES string of the molecule is CCOc1ccc(NC(C)c2cc(Cl)sc2Cl)cc1CO. The van der Waals surface area contributed by atoms with Crippen molar-refractivity contribution in [2.24, 2.45) is 0 Å². The minimum absolute atomic E-state index is 0.0192. The van der Waals surface area contributed by atoms with E-state index in [9.17, 15) is 5.11 Å². The second kappa shape index (κ2) is 7.36. The van der Waals surface area contributed by atoms with E-state index in [0.29, 0.717) is 21.0 Å². The van der Waals surface area contributed by atoms with Gasteiger partial charge in [0.2, 0.25) is 0 Å². The fourth-order valence-electron chi connectivity index (χ4n) is 2.07. The summed E-state index contributed by atoms with van der Waals surface area (Å²) in [6.45, 7) is 4.43. The Morgan fingerprint density at radius 1 is 1.33 bits per heavy atom. The van der Waals surface area contributed by atoms with Gasteiger partial charge in [-0.15, -0.1) is 11.3 Å². The Morgan fingerprint density at radius 2 is 2.10 bits per heavy atom. The molecule has 2 N–H and O–H groups in total. The molecule has 1 aromatic heterocycles. The summed E-state index contributed by atoms with van der Waals surface area (Å²) in [6.07, 6.45) is 0. The second-order valence-corrected chi connectivity index (χ2v) is 6.84. The fraction of sp³-hybridized carbons (Fsp3) is 0.333. The number of halogens is 2. The van der Waals surface area contributed by atoms with Gasteiger partial charge < -0.3 is 15.2 Å². The highest BCUT2D eigenvalue weighted by Gasteiger charge is 2.14. The first-order chi connectivity index (χ1) is 10.0. The Balaban J connectivity index is 2.17. The standard InChI is InChI=1S/C15H17Cl2NO2S/c1-3-20-13-5-4-11(6-10(13)8-19)18-9(2)12-7-14(16)21-15(12)17/h4-7,9,18-19H,3,8H2,1-2H3. The molecule has 1 heterocycles. The topological polar surface area (TPSA) is 41.5 Å². The molecule has 0 saturated heterocycles. The van der Waals surface area contributed by atoms with Gasteiger partial charge >= 0.3 is 0 Å². The lowest BCUT2D eigenvalue weighted by atomic mass is 10.1. The fourth-order valence-corrected chi connectivity index (χ4v) is 3.71. The Morgan fingerprint density at radius 3 is 2.67 bits per heavy atom. The Bertz CT molecular complexity index is 616. The molecule has 21 heavy (non-hydrogen) atoms. The minimum atomic E-state index is -0.0652. The summed E-state index contributed by atoms with van der Waals surface area (Å²) in [7, 11) is 0. The number of anilines is 1. The Hall–Kier alpha value is -0.940. The van der Waals surface area contributed by atoms with Crippen molar-refractivity contribution in [3.63, 3.8) is 0 Å². The predicted octanol–water partition coefficient (Wildman–Crippen LogP) is 5.12. The van der Waals surface area contributed by atoms with Crippen LogP contribution in [-0.2, 0) is 6.61 Å². The van der Waals surface area contributed by atoms with Gasteiger partial charge in [-0.25, -0.2) is 0 Å². The zero-order valence-corrected chi connectivity index (χ0v) is 14.1. The molecule has 1 unspecified atom stereocenters. The van der Waals surface area contributed by atoms with Crippen molar-refractivity contribution in [1.29, 1.82) is 0 Å². The number of rotatable bonds is 6. The second-order valence-electron chi connectivity index (χ2n) is 4.56. The molecule has 1 aromatic carbocycles. The molecule has 0 aliphatic heterocycles. The molecule has 0 fully saturated rings. The number of aliphatic hydroxyl groups is 1. The smallest absolute Gasteiger partial charge is 0.124 e. The van der Waals surface area contributed by atoms with Crippen LogP contribution < -0.4 is 10.1 Å². The molecule has 0 aliphatic rings. The van der Waals surface area contributed by atoms with Crippen LogP contribution in [0.2, 0.25) is 8.67 Å². The minimum Gasteiger partial charge on any atom is -0.494 e. The van der Waals surface area contributed by atoms with Crippen molar-refractivity contribution < 1.29 is 9.84 Å². The quantitative estimate of drug-likeness (QED) is 0.763. The molecule has 1 atom stereocenters. The molecule has 0 amide bonds. The summed E-state index contributed by atoms with van der Waals surface area (Å²) in [5, 5.41) is 12.8. The van der Waals surface area contributed by atoms with Gasteiger partial charge in [0.15, 0.2) is 0 Å². The van der Waals surface area contributed by atoms with Crippen molar-refractivity contribution in [2.45, 2.75) is 26.5 Å². The van der Waals surface area contributed by atoms with Gasteiger partial charge in [0.25, 0.3) is 0 Å². The zero-order chi connectivity index (χ0) is 15.4. The molecular formula is C15H17Cl2NO2S. The highest BCUT2D eigenvalue weighted by Crippen LogP contribution is 2.36. The number of aliphatic hydroxyl groups excluding tert-OH is 1. The van der Waals surface area contributed by atoms with E-state index in [1.165, 1.54) is 11.3 Å². The van der Waals surface area contributed by atoms with Gasteiger partial charge in [0.1, 0.15) is 5.75 Å². The Labute approximate surface area is 138 Å². The monoisotopic (exact) mass is 345 g/mol. The van der Waals surface area contributed by atoms with Crippen LogP contribution in [0, 0.1) is 0 Å². The number of nitrogens with one attached hydrogen (secondary N) is 1. The first-order valence-corrected chi connectivity index (χ1v) is 8.20. The van der Waals surface area contributed by atoms with Crippen LogP contribution in [0.15, 0.2) is 24.3 Å². The van der Waals surface area contributed by atoms with E-state index in [2.05, 4.69) is 5.32 Å². The number of ether oxygens (including phenoxy) is 1. The van der Waals surface area contributed by atoms with Crippen LogP contribution in [-0.4, -0.2) is 11.7 Å². The van der Waals surface area contributed by atoms with E-state index >= 15 is 0 Å². The van der Waals surface area contributed by atoms with E-state index in [1.54, 1.807) is 0 Å². The molecule has 0 spiro atoms. The van der Waals surface area contributed by atoms with Gasteiger partial charge in [0, 0.05) is 16.8 Å². The number of thiophene rings is 1. The van der Waals surface area contributed by atoms with Crippen molar-refractivity contribution in [3.8, 4) is 5.75 Å². The van der Waals surface area contributed by atoms with Crippen LogP contribution in [0.3, 0.4) is 0 Å². The lowest BCUT2D eigenvalue weighted by molar-refractivity contribution is 0.267. The molecule has 2 aromatic rings. The van der Waals surface area contributed by atoms with Crippen molar-refractivity contribution >= 4 is 40.2 Å². The number of hydrogen-bond donors (Lipinski definition) is 2. The maximum Gasteiger partial charge on any atom is 0.124 e. The summed E-state index contributed by atoms with van der Waals surface area (Å²) in [5.41, 5.74) is 2.61. The molecular weight excluding hydrogens is 329 g/mol. The normalized spacial score (nSPS) is 12.2. The molecule has 0 radical (unpaired) electrons. The van der Waals surface area contributed by atoms with E-state index in [1.807, 2.05) is 38.1 Å². The van der Waals surface area contributed by atoms with E-state index in [0.717, 1.165) is 16.8 Å². The lowest BCUT2D eigenvalue weighted by Crippen LogP contribution is -2.07. The van der Waals surface area contributed by atoms with Gasteiger partial charge in [-0.2, -0.15) is 0 Å². The number of benzene rings is 1. The predicted molar refractivity (Wildman–Crippen MR) is 89.9 cm³/mol. The van der Waals surface area contributed by atoms with Gasteiger partial charge in [-0.05, 0) is 38.1 Å². The first kappa shape index (κ1) is 16.4. The van der Waals surface area contributed by atoms with Gasteiger partial charge in [-0.1, -0.05) is 23.2 Å². The number of hydrogen-bond acceptors (Lipinski definition) is 4. The Kier molecular flexibility index (Phi) is 5.76. The van der Waals surface area contributed by atoms with E-state index in [4.69, 9.17) is 27.9 Å². The third-order valence-corrected chi connectivity index (χ3v) is 4.58. The zero-order valence-electron chi connectivity index (χ0n) is 11.8. The maximum absolute atomic E-state index is 9.42.